The second kappa shape index (κ2) is 4.17. The first-order chi connectivity index (χ1) is 4.84. The fourth-order valence-electron chi connectivity index (χ4n) is 1.72. The van der Waals surface area contributed by atoms with Crippen LogP contribution in [0.2, 0.25) is 0 Å². The van der Waals surface area contributed by atoms with E-state index in [1.54, 1.807) is 0 Å². The van der Waals surface area contributed by atoms with Gasteiger partial charge < -0.3 is 0 Å². The molecule has 1 saturated carbocycles. The van der Waals surface area contributed by atoms with E-state index >= 15 is 0 Å². The zero-order chi connectivity index (χ0) is 7.40. The largest absolute Gasteiger partial charge is 0.0742 e. The highest BCUT2D eigenvalue weighted by Crippen LogP contribution is 2.30. The van der Waals surface area contributed by atoms with Gasteiger partial charge in [-0.1, -0.05) is 48.2 Å². The number of rotatable bonds is 1. The molecular formula is C9H15Br. The van der Waals surface area contributed by atoms with E-state index < -0.39 is 0 Å². The topological polar surface area (TPSA) is 0 Å². The second-order valence-electron chi connectivity index (χ2n) is 3.24. The molecule has 0 radical (unpaired) electrons. The minimum atomic E-state index is 0.841. The van der Waals surface area contributed by atoms with Gasteiger partial charge in [-0.15, -0.1) is 0 Å². The molecule has 0 heterocycles. The SMILES string of the molecule is CC1CCCCC1/C=C/Br. The Morgan fingerprint density at radius 3 is 2.60 bits per heavy atom. The van der Waals surface area contributed by atoms with Gasteiger partial charge in [-0.2, -0.15) is 0 Å². The van der Waals surface area contributed by atoms with Crippen LogP contribution in [0.4, 0.5) is 0 Å². The monoisotopic (exact) mass is 202 g/mol. The Morgan fingerprint density at radius 2 is 2.00 bits per heavy atom. The highest BCUT2D eigenvalue weighted by molar-refractivity contribution is 9.11. The van der Waals surface area contributed by atoms with Gasteiger partial charge in [-0.05, 0) is 23.2 Å². The number of halogens is 1. The van der Waals surface area contributed by atoms with E-state index in [0.717, 1.165) is 11.8 Å². The lowest BCUT2D eigenvalue weighted by atomic mass is 9.81. The molecule has 1 aliphatic rings. The van der Waals surface area contributed by atoms with Crippen molar-refractivity contribution in [3.05, 3.63) is 11.1 Å². The Hall–Kier alpha value is 0.220. The van der Waals surface area contributed by atoms with Crippen molar-refractivity contribution in [2.75, 3.05) is 0 Å². The maximum Gasteiger partial charge on any atom is -0.0200 e. The molecule has 0 spiro atoms. The van der Waals surface area contributed by atoms with Crippen molar-refractivity contribution in [2.24, 2.45) is 11.8 Å². The predicted octanol–water partition coefficient (Wildman–Crippen LogP) is 3.72. The van der Waals surface area contributed by atoms with E-state index in [2.05, 4.69) is 28.9 Å². The van der Waals surface area contributed by atoms with Crippen molar-refractivity contribution in [3.8, 4) is 0 Å². The van der Waals surface area contributed by atoms with Crippen molar-refractivity contribution in [1.82, 2.24) is 0 Å². The van der Waals surface area contributed by atoms with Gasteiger partial charge in [-0.25, -0.2) is 0 Å². The first kappa shape index (κ1) is 8.32. The van der Waals surface area contributed by atoms with Crippen LogP contribution in [0.5, 0.6) is 0 Å². The maximum atomic E-state index is 3.33. The van der Waals surface area contributed by atoms with Crippen LogP contribution in [0.15, 0.2) is 11.1 Å². The molecule has 0 N–H and O–H groups in total. The summed E-state index contributed by atoms with van der Waals surface area (Å²) in [6.07, 6.45) is 7.97. The van der Waals surface area contributed by atoms with E-state index in [1.165, 1.54) is 25.7 Å². The first-order valence-electron chi connectivity index (χ1n) is 4.11. The smallest absolute Gasteiger partial charge is 0.0200 e. The van der Waals surface area contributed by atoms with Crippen LogP contribution in [0.1, 0.15) is 32.6 Å². The van der Waals surface area contributed by atoms with Crippen LogP contribution in [0.3, 0.4) is 0 Å². The summed E-state index contributed by atoms with van der Waals surface area (Å²) in [5.74, 6) is 1.75. The van der Waals surface area contributed by atoms with E-state index in [-0.39, 0.29) is 0 Å². The molecule has 58 valence electrons. The van der Waals surface area contributed by atoms with Crippen LogP contribution in [-0.2, 0) is 0 Å². The molecule has 2 unspecified atom stereocenters. The Kier molecular flexibility index (Phi) is 3.47. The highest BCUT2D eigenvalue weighted by atomic mass is 79.9. The minimum Gasteiger partial charge on any atom is -0.0742 e. The predicted molar refractivity (Wildman–Crippen MR) is 49.2 cm³/mol. The molecule has 2 atom stereocenters. The summed E-state index contributed by atoms with van der Waals surface area (Å²) in [5, 5.41) is 0. The molecule has 1 fully saturated rings. The molecule has 0 aromatic rings. The van der Waals surface area contributed by atoms with Gasteiger partial charge >= 0.3 is 0 Å². The summed E-state index contributed by atoms with van der Waals surface area (Å²) in [6, 6.07) is 0. The lowest BCUT2D eigenvalue weighted by Crippen LogP contribution is -2.13. The number of hydrogen-bond donors (Lipinski definition) is 0. The van der Waals surface area contributed by atoms with Crippen molar-refractivity contribution >= 4 is 15.9 Å². The Labute approximate surface area is 71.8 Å². The average Bonchev–Trinajstić information content (AvgIpc) is 1.94. The zero-order valence-electron chi connectivity index (χ0n) is 6.52. The standard InChI is InChI=1S/C9H15Br/c1-8-4-2-3-5-9(8)6-7-10/h6-9H,2-5H2,1H3/b7-6+. The van der Waals surface area contributed by atoms with Gasteiger partial charge in [0.15, 0.2) is 0 Å². The van der Waals surface area contributed by atoms with Crippen LogP contribution in [0.25, 0.3) is 0 Å². The van der Waals surface area contributed by atoms with Crippen LogP contribution >= 0.6 is 15.9 Å². The van der Waals surface area contributed by atoms with Crippen LogP contribution in [-0.4, -0.2) is 0 Å². The summed E-state index contributed by atoms with van der Waals surface area (Å²) < 4.78 is 0. The summed E-state index contributed by atoms with van der Waals surface area (Å²) in [4.78, 5) is 2.01. The first-order valence-corrected chi connectivity index (χ1v) is 5.03. The third-order valence-corrected chi connectivity index (χ3v) is 2.80. The molecule has 0 amide bonds. The Balaban J connectivity index is 2.39. The molecular weight excluding hydrogens is 188 g/mol. The van der Waals surface area contributed by atoms with Crippen LogP contribution in [0, 0.1) is 11.8 Å². The zero-order valence-corrected chi connectivity index (χ0v) is 8.10. The molecule has 0 aliphatic heterocycles. The summed E-state index contributed by atoms with van der Waals surface area (Å²) in [5.41, 5.74) is 0. The molecule has 10 heavy (non-hydrogen) atoms. The van der Waals surface area contributed by atoms with E-state index in [1.807, 2.05) is 4.99 Å². The molecule has 0 saturated heterocycles. The van der Waals surface area contributed by atoms with Gasteiger partial charge in [0.25, 0.3) is 0 Å². The minimum absolute atomic E-state index is 0.841. The molecule has 0 aromatic carbocycles. The third-order valence-electron chi connectivity index (χ3n) is 2.50. The van der Waals surface area contributed by atoms with Crippen molar-refractivity contribution in [1.29, 1.82) is 0 Å². The Morgan fingerprint density at radius 1 is 1.30 bits per heavy atom. The van der Waals surface area contributed by atoms with Gasteiger partial charge in [0, 0.05) is 0 Å². The van der Waals surface area contributed by atoms with Gasteiger partial charge in [-0.3, -0.25) is 0 Å². The molecule has 1 rings (SSSR count). The molecule has 1 heteroatoms. The lowest BCUT2D eigenvalue weighted by molar-refractivity contribution is 0.307. The maximum absolute atomic E-state index is 3.33. The van der Waals surface area contributed by atoms with Gasteiger partial charge in [0.1, 0.15) is 0 Å². The Bertz CT molecular complexity index is 118. The fraction of sp³-hybridized carbons (Fsp3) is 0.778. The van der Waals surface area contributed by atoms with Gasteiger partial charge in [0.2, 0.25) is 0 Å². The highest BCUT2D eigenvalue weighted by Gasteiger charge is 2.17. The fourth-order valence-corrected chi connectivity index (χ4v) is 2.12. The van der Waals surface area contributed by atoms with Gasteiger partial charge in [0.05, 0.1) is 0 Å². The third kappa shape index (κ3) is 2.12. The van der Waals surface area contributed by atoms with E-state index in [9.17, 15) is 0 Å². The summed E-state index contributed by atoms with van der Waals surface area (Å²) in [7, 11) is 0. The average molecular weight is 203 g/mol. The van der Waals surface area contributed by atoms with Crippen molar-refractivity contribution < 1.29 is 0 Å². The molecule has 0 bridgehead atoms. The summed E-state index contributed by atoms with van der Waals surface area (Å²) in [6.45, 7) is 2.36. The quantitative estimate of drug-likeness (QED) is 0.609. The lowest BCUT2D eigenvalue weighted by Gasteiger charge is -2.25. The summed E-state index contributed by atoms with van der Waals surface area (Å²) >= 11 is 3.33. The normalized spacial score (nSPS) is 35.0. The van der Waals surface area contributed by atoms with E-state index in [0.29, 0.717) is 0 Å². The molecule has 1 aliphatic carbocycles. The second-order valence-corrected chi connectivity index (χ2v) is 3.77. The van der Waals surface area contributed by atoms with Crippen LogP contribution < -0.4 is 0 Å². The number of hydrogen-bond acceptors (Lipinski definition) is 0. The van der Waals surface area contributed by atoms with Crippen molar-refractivity contribution in [3.63, 3.8) is 0 Å². The molecule has 0 aromatic heterocycles. The van der Waals surface area contributed by atoms with E-state index in [4.69, 9.17) is 0 Å². The van der Waals surface area contributed by atoms with Crippen molar-refractivity contribution in [2.45, 2.75) is 32.6 Å². The molecule has 0 nitrogen and oxygen atoms in total. The number of allylic oxidation sites excluding steroid dienone is 1.